The largest absolute Gasteiger partial charge is 0.394 e. The number of rotatable bonds is 1. The van der Waals surface area contributed by atoms with Gasteiger partial charge in [0.25, 0.3) is 0 Å². The Morgan fingerprint density at radius 3 is 3.00 bits per heavy atom. The molecule has 13 heavy (non-hydrogen) atoms. The predicted molar refractivity (Wildman–Crippen MR) is 48.9 cm³/mol. The highest BCUT2D eigenvalue weighted by molar-refractivity contribution is 7.13. The second-order valence-corrected chi connectivity index (χ2v) is 3.33. The van der Waals surface area contributed by atoms with Crippen molar-refractivity contribution in [2.75, 3.05) is 5.73 Å². The highest BCUT2D eigenvalue weighted by Crippen LogP contribution is 2.30. The minimum Gasteiger partial charge on any atom is -0.394 e. The van der Waals surface area contributed by atoms with Crippen LogP contribution in [0.15, 0.2) is 22.2 Å². The van der Waals surface area contributed by atoms with Crippen molar-refractivity contribution >= 4 is 17.0 Å². The van der Waals surface area contributed by atoms with E-state index in [1.54, 1.807) is 11.4 Å². The third kappa shape index (κ3) is 1.27. The molecule has 0 atom stereocenters. The van der Waals surface area contributed by atoms with Gasteiger partial charge < -0.3 is 10.3 Å². The molecule has 0 aliphatic carbocycles. The van der Waals surface area contributed by atoms with E-state index < -0.39 is 0 Å². The second-order valence-electron chi connectivity index (χ2n) is 2.42. The Morgan fingerprint density at radius 2 is 2.46 bits per heavy atom. The molecule has 0 radical (unpaired) electrons. The molecule has 5 heteroatoms. The molecule has 0 fully saturated rings. The van der Waals surface area contributed by atoms with Gasteiger partial charge in [-0.15, -0.1) is 11.3 Å². The normalized spacial score (nSPS) is 9.77. The maximum absolute atomic E-state index is 8.60. The summed E-state index contributed by atoms with van der Waals surface area (Å²) < 4.78 is 4.93. The molecule has 0 aliphatic rings. The van der Waals surface area contributed by atoms with Crippen LogP contribution in [0.3, 0.4) is 0 Å². The number of nitriles is 1. The number of hydrogen-bond donors (Lipinski definition) is 1. The minimum absolute atomic E-state index is 0.492. The Bertz CT molecular complexity index is 466. The van der Waals surface area contributed by atoms with Crippen molar-refractivity contribution in [3.63, 3.8) is 0 Å². The van der Waals surface area contributed by atoms with Crippen LogP contribution >= 0.6 is 11.3 Å². The third-order valence-electron chi connectivity index (χ3n) is 1.55. The summed E-state index contributed by atoms with van der Waals surface area (Å²) in [6.07, 6.45) is 1.45. The molecule has 2 heterocycles. The lowest BCUT2D eigenvalue weighted by Gasteiger charge is -1.88. The summed E-state index contributed by atoms with van der Waals surface area (Å²) in [6, 6.07) is 3.76. The Labute approximate surface area is 78.2 Å². The van der Waals surface area contributed by atoms with Crippen LogP contribution in [0.5, 0.6) is 0 Å². The smallest absolute Gasteiger partial charge is 0.199 e. The standard InChI is InChI=1S/C8H5N3OS/c9-2-5-1-7(13-4-5)8-6(10)3-11-12-8/h1,3-4H,10H2. The third-order valence-corrected chi connectivity index (χ3v) is 2.48. The van der Waals surface area contributed by atoms with Gasteiger partial charge in [0, 0.05) is 5.38 Å². The summed E-state index contributed by atoms with van der Waals surface area (Å²) >= 11 is 1.41. The quantitative estimate of drug-likeness (QED) is 0.746. The number of nitrogens with two attached hydrogens (primary N) is 1. The van der Waals surface area contributed by atoms with Gasteiger partial charge in [0.15, 0.2) is 5.76 Å². The van der Waals surface area contributed by atoms with Gasteiger partial charge in [-0.1, -0.05) is 5.16 Å². The van der Waals surface area contributed by atoms with Crippen molar-refractivity contribution in [2.45, 2.75) is 0 Å². The fraction of sp³-hybridized carbons (Fsp3) is 0. The van der Waals surface area contributed by atoms with Crippen molar-refractivity contribution in [1.29, 1.82) is 5.26 Å². The van der Waals surface area contributed by atoms with Crippen LogP contribution in [0.4, 0.5) is 5.69 Å². The number of aromatic nitrogens is 1. The molecule has 0 aliphatic heterocycles. The average Bonchev–Trinajstić information content (AvgIpc) is 2.71. The van der Waals surface area contributed by atoms with Crippen molar-refractivity contribution in [3.05, 3.63) is 23.2 Å². The number of thiophene rings is 1. The van der Waals surface area contributed by atoms with E-state index in [1.807, 2.05) is 6.07 Å². The molecule has 2 N–H and O–H groups in total. The van der Waals surface area contributed by atoms with Gasteiger partial charge in [-0.25, -0.2) is 0 Å². The SMILES string of the molecule is N#Cc1csc(-c2oncc2N)c1. The first-order chi connectivity index (χ1) is 6.31. The molecule has 2 rings (SSSR count). The van der Waals surface area contributed by atoms with Gasteiger partial charge in [-0.05, 0) is 6.07 Å². The molecule has 0 unspecified atom stereocenters. The minimum atomic E-state index is 0.492. The Kier molecular flexibility index (Phi) is 1.76. The van der Waals surface area contributed by atoms with E-state index in [0.29, 0.717) is 17.0 Å². The average molecular weight is 191 g/mol. The van der Waals surface area contributed by atoms with Gasteiger partial charge in [0.05, 0.1) is 16.6 Å². The number of nitrogens with zero attached hydrogens (tertiary/aromatic N) is 2. The van der Waals surface area contributed by atoms with Crippen LogP contribution in [-0.2, 0) is 0 Å². The Balaban J connectivity index is 2.48. The fourth-order valence-corrected chi connectivity index (χ4v) is 1.78. The second kappa shape index (κ2) is 2.92. The van der Waals surface area contributed by atoms with Crippen molar-refractivity contribution < 1.29 is 4.52 Å². The topological polar surface area (TPSA) is 75.8 Å². The molecule has 0 bridgehead atoms. The summed E-state index contributed by atoms with van der Waals surface area (Å²) in [5, 5.41) is 13.9. The Hall–Kier alpha value is -1.80. The first-order valence-electron chi connectivity index (χ1n) is 3.50. The highest BCUT2D eigenvalue weighted by Gasteiger charge is 2.10. The van der Waals surface area contributed by atoms with E-state index in [0.717, 1.165) is 4.88 Å². The van der Waals surface area contributed by atoms with Gasteiger partial charge in [-0.2, -0.15) is 5.26 Å². The molecular formula is C8H5N3OS. The highest BCUT2D eigenvalue weighted by atomic mass is 32.1. The van der Waals surface area contributed by atoms with Gasteiger partial charge in [0.2, 0.25) is 0 Å². The summed E-state index contributed by atoms with van der Waals surface area (Å²) in [4.78, 5) is 0.826. The lowest BCUT2D eigenvalue weighted by atomic mass is 10.3. The van der Waals surface area contributed by atoms with E-state index in [9.17, 15) is 0 Å². The maximum Gasteiger partial charge on any atom is 0.199 e. The zero-order valence-electron chi connectivity index (χ0n) is 6.52. The molecule has 0 saturated carbocycles. The Morgan fingerprint density at radius 1 is 1.62 bits per heavy atom. The first kappa shape index (κ1) is 7.83. The lowest BCUT2D eigenvalue weighted by molar-refractivity contribution is 0.433. The van der Waals surface area contributed by atoms with Crippen LogP contribution in [0.2, 0.25) is 0 Å². The van der Waals surface area contributed by atoms with Gasteiger partial charge in [0.1, 0.15) is 11.8 Å². The maximum atomic E-state index is 8.60. The molecule has 0 saturated heterocycles. The van der Waals surface area contributed by atoms with Crippen LogP contribution in [0.25, 0.3) is 10.6 Å². The summed E-state index contributed by atoms with van der Waals surface area (Å²) in [5.41, 5.74) is 6.69. The zero-order chi connectivity index (χ0) is 9.26. The van der Waals surface area contributed by atoms with E-state index in [2.05, 4.69) is 5.16 Å². The van der Waals surface area contributed by atoms with Crippen molar-refractivity contribution in [2.24, 2.45) is 0 Å². The van der Waals surface area contributed by atoms with Crippen molar-refractivity contribution in [3.8, 4) is 16.7 Å². The van der Waals surface area contributed by atoms with E-state index >= 15 is 0 Å². The summed E-state index contributed by atoms with van der Waals surface area (Å²) in [6.45, 7) is 0. The van der Waals surface area contributed by atoms with Gasteiger partial charge in [-0.3, -0.25) is 0 Å². The van der Waals surface area contributed by atoms with E-state index in [-0.39, 0.29) is 0 Å². The van der Waals surface area contributed by atoms with Crippen molar-refractivity contribution in [1.82, 2.24) is 5.16 Å². The van der Waals surface area contributed by atoms with E-state index in [4.69, 9.17) is 15.5 Å². The fourth-order valence-electron chi connectivity index (χ4n) is 0.948. The molecule has 0 aromatic carbocycles. The molecule has 2 aromatic heterocycles. The van der Waals surface area contributed by atoms with E-state index in [1.165, 1.54) is 17.5 Å². The van der Waals surface area contributed by atoms with Crippen LogP contribution in [0, 0.1) is 11.3 Å². The zero-order valence-corrected chi connectivity index (χ0v) is 7.34. The summed E-state index contributed by atoms with van der Waals surface area (Å²) in [7, 11) is 0. The van der Waals surface area contributed by atoms with Gasteiger partial charge >= 0.3 is 0 Å². The first-order valence-corrected chi connectivity index (χ1v) is 4.38. The monoisotopic (exact) mass is 191 g/mol. The predicted octanol–water partition coefficient (Wildman–Crippen LogP) is 1.86. The number of anilines is 1. The van der Waals surface area contributed by atoms with Crippen LogP contribution in [-0.4, -0.2) is 5.16 Å². The number of nitrogen functional groups attached to an aromatic ring is 1. The molecule has 4 nitrogen and oxygen atoms in total. The molecule has 2 aromatic rings. The molecule has 64 valence electrons. The number of hydrogen-bond acceptors (Lipinski definition) is 5. The molecular weight excluding hydrogens is 186 g/mol. The summed E-state index contributed by atoms with van der Waals surface area (Å²) in [5.74, 6) is 0.534. The molecule has 0 spiro atoms. The van der Waals surface area contributed by atoms with Crippen LogP contribution in [0.1, 0.15) is 5.56 Å². The van der Waals surface area contributed by atoms with Crippen LogP contribution < -0.4 is 5.73 Å². The molecule has 0 amide bonds. The lowest BCUT2D eigenvalue weighted by Crippen LogP contribution is -1.81.